The van der Waals surface area contributed by atoms with Crippen LogP contribution in [0.4, 0.5) is 14.9 Å². The van der Waals surface area contributed by atoms with Crippen LogP contribution in [0, 0.1) is 19.7 Å². The molecule has 0 unspecified atom stereocenters. The van der Waals surface area contributed by atoms with Gasteiger partial charge in [0.15, 0.2) is 18.2 Å². The highest BCUT2D eigenvalue weighted by molar-refractivity contribution is 6.02. The molecule has 0 aliphatic heterocycles. The van der Waals surface area contributed by atoms with Crippen LogP contribution in [0.3, 0.4) is 0 Å². The highest BCUT2D eigenvalue weighted by Crippen LogP contribution is 2.18. The van der Waals surface area contributed by atoms with Crippen LogP contribution in [-0.2, 0) is 20.7 Å². The Labute approximate surface area is 161 Å². The van der Waals surface area contributed by atoms with Gasteiger partial charge in [0.2, 0.25) is 0 Å². The summed E-state index contributed by atoms with van der Waals surface area (Å²) in [5, 5.41) is 4.62. The average molecular weight is 388 g/mol. The van der Waals surface area contributed by atoms with E-state index < -0.39 is 30.3 Å². The SMILES string of the molecule is COc1ccc(CC(=O)OCC(=O)NC(=O)Nc2ccc(C)cc2C)cc1F. The average Bonchev–Trinajstić information content (AvgIpc) is 2.62. The molecule has 0 bridgehead atoms. The molecule has 2 rings (SSSR count). The van der Waals surface area contributed by atoms with Gasteiger partial charge in [-0.05, 0) is 43.2 Å². The van der Waals surface area contributed by atoms with Crippen molar-refractivity contribution in [2.45, 2.75) is 20.3 Å². The molecule has 0 saturated heterocycles. The van der Waals surface area contributed by atoms with Gasteiger partial charge >= 0.3 is 12.0 Å². The van der Waals surface area contributed by atoms with Crippen LogP contribution in [0.25, 0.3) is 0 Å². The largest absolute Gasteiger partial charge is 0.494 e. The predicted octanol–water partition coefficient (Wildman–Crippen LogP) is 2.89. The number of ether oxygens (including phenoxy) is 2. The molecule has 8 heteroatoms. The maximum absolute atomic E-state index is 13.6. The smallest absolute Gasteiger partial charge is 0.325 e. The van der Waals surface area contributed by atoms with Gasteiger partial charge in [-0.2, -0.15) is 0 Å². The second kappa shape index (κ2) is 9.50. The third-order valence-corrected chi connectivity index (χ3v) is 3.81. The number of amides is 3. The minimum atomic E-state index is -0.781. The van der Waals surface area contributed by atoms with Crippen LogP contribution in [-0.4, -0.2) is 31.6 Å². The summed E-state index contributed by atoms with van der Waals surface area (Å²) < 4.78 is 23.2. The number of esters is 1. The first-order chi connectivity index (χ1) is 13.3. The zero-order valence-electron chi connectivity index (χ0n) is 15.8. The van der Waals surface area contributed by atoms with E-state index in [9.17, 15) is 18.8 Å². The summed E-state index contributed by atoms with van der Waals surface area (Å²) in [6.45, 7) is 3.13. The first kappa shape index (κ1) is 20.9. The molecule has 0 saturated carbocycles. The first-order valence-electron chi connectivity index (χ1n) is 8.44. The van der Waals surface area contributed by atoms with Crippen LogP contribution >= 0.6 is 0 Å². The topological polar surface area (TPSA) is 93.7 Å². The van der Waals surface area contributed by atoms with Gasteiger partial charge in [0.25, 0.3) is 5.91 Å². The van der Waals surface area contributed by atoms with E-state index in [2.05, 4.69) is 10.6 Å². The van der Waals surface area contributed by atoms with Crippen LogP contribution in [0.15, 0.2) is 36.4 Å². The number of carbonyl (C=O) groups excluding carboxylic acids is 3. The number of halogens is 1. The molecule has 0 atom stereocenters. The van der Waals surface area contributed by atoms with Crippen LogP contribution < -0.4 is 15.4 Å². The summed E-state index contributed by atoms with van der Waals surface area (Å²) in [4.78, 5) is 35.4. The Balaban J connectivity index is 1.79. The van der Waals surface area contributed by atoms with Crippen molar-refractivity contribution in [2.75, 3.05) is 19.0 Å². The van der Waals surface area contributed by atoms with Gasteiger partial charge in [-0.15, -0.1) is 0 Å². The Morgan fingerprint density at radius 2 is 1.82 bits per heavy atom. The van der Waals surface area contributed by atoms with E-state index in [1.165, 1.54) is 19.2 Å². The number of rotatable bonds is 6. The highest BCUT2D eigenvalue weighted by atomic mass is 19.1. The second-order valence-electron chi connectivity index (χ2n) is 6.13. The van der Waals surface area contributed by atoms with Gasteiger partial charge < -0.3 is 14.8 Å². The lowest BCUT2D eigenvalue weighted by Crippen LogP contribution is -2.37. The molecule has 28 heavy (non-hydrogen) atoms. The molecule has 0 aliphatic rings. The van der Waals surface area contributed by atoms with Crippen molar-refractivity contribution in [3.63, 3.8) is 0 Å². The minimum absolute atomic E-state index is 0.0614. The minimum Gasteiger partial charge on any atom is -0.494 e. The van der Waals surface area contributed by atoms with Gasteiger partial charge in [-0.3, -0.25) is 14.9 Å². The normalized spacial score (nSPS) is 10.1. The summed E-state index contributed by atoms with van der Waals surface area (Å²) in [5.41, 5.74) is 2.83. The molecule has 2 N–H and O–H groups in total. The van der Waals surface area contributed by atoms with Crippen molar-refractivity contribution in [1.82, 2.24) is 5.32 Å². The van der Waals surface area contributed by atoms with Crippen molar-refractivity contribution >= 4 is 23.6 Å². The van der Waals surface area contributed by atoms with E-state index in [-0.39, 0.29) is 12.2 Å². The van der Waals surface area contributed by atoms with E-state index in [0.717, 1.165) is 17.2 Å². The number of aryl methyl sites for hydroxylation is 2. The van der Waals surface area contributed by atoms with Crippen molar-refractivity contribution in [3.05, 3.63) is 58.9 Å². The first-order valence-corrected chi connectivity index (χ1v) is 8.44. The second-order valence-corrected chi connectivity index (χ2v) is 6.13. The van der Waals surface area contributed by atoms with E-state index in [1.54, 1.807) is 6.07 Å². The third kappa shape index (κ3) is 6.08. The molecule has 0 aromatic heterocycles. The number of urea groups is 1. The Morgan fingerprint density at radius 1 is 1.07 bits per heavy atom. The lowest BCUT2D eigenvalue weighted by atomic mass is 10.1. The number of benzene rings is 2. The summed E-state index contributed by atoms with van der Waals surface area (Å²) in [7, 11) is 1.33. The highest BCUT2D eigenvalue weighted by Gasteiger charge is 2.13. The maximum Gasteiger partial charge on any atom is 0.325 e. The molecule has 148 valence electrons. The summed E-state index contributed by atoms with van der Waals surface area (Å²) in [6, 6.07) is 8.77. The van der Waals surface area contributed by atoms with Crippen molar-refractivity contribution in [3.8, 4) is 5.75 Å². The van der Waals surface area contributed by atoms with Crippen molar-refractivity contribution in [2.24, 2.45) is 0 Å². The van der Waals surface area contributed by atoms with Gasteiger partial charge in [0, 0.05) is 5.69 Å². The molecule has 0 aliphatic carbocycles. The Bertz CT molecular complexity index is 898. The molecular formula is C20H21FN2O5. The number of anilines is 1. The fourth-order valence-electron chi connectivity index (χ4n) is 2.45. The number of nitrogens with one attached hydrogen (secondary N) is 2. The lowest BCUT2D eigenvalue weighted by Gasteiger charge is -2.10. The number of imide groups is 1. The van der Waals surface area contributed by atoms with Gasteiger partial charge in [-0.1, -0.05) is 23.8 Å². The summed E-state index contributed by atoms with van der Waals surface area (Å²) in [6.07, 6.45) is -0.219. The molecule has 2 aromatic rings. The molecule has 0 radical (unpaired) electrons. The van der Waals surface area contributed by atoms with E-state index in [1.807, 2.05) is 26.0 Å². The lowest BCUT2D eigenvalue weighted by molar-refractivity contribution is -0.147. The molecule has 2 aromatic carbocycles. The third-order valence-electron chi connectivity index (χ3n) is 3.81. The standard InChI is InChI=1S/C20H21FN2O5/c1-12-4-6-16(13(2)8-12)22-20(26)23-18(24)11-28-19(25)10-14-5-7-17(27-3)15(21)9-14/h4-9H,10-11H2,1-3H3,(H2,22,23,24,26). The predicted molar refractivity (Wildman–Crippen MR) is 101 cm³/mol. The summed E-state index contributed by atoms with van der Waals surface area (Å²) >= 11 is 0. The molecule has 0 heterocycles. The number of carbonyl (C=O) groups is 3. The molecule has 0 fully saturated rings. The van der Waals surface area contributed by atoms with Crippen molar-refractivity contribution in [1.29, 1.82) is 0 Å². The quantitative estimate of drug-likeness (QED) is 0.742. The molecule has 7 nitrogen and oxygen atoms in total. The van der Waals surface area contributed by atoms with Crippen molar-refractivity contribution < 1.29 is 28.2 Å². The van der Waals surface area contributed by atoms with E-state index in [4.69, 9.17) is 9.47 Å². The molecule has 0 spiro atoms. The Morgan fingerprint density at radius 3 is 2.46 bits per heavy atom. The molecular weight excluding hydrogens is 367 g/mol. The summed E-state index contributed by atoms with van der Waals surface area (Å²) in [5.74, 6) is -2.05. The van der Waals surface area contributed by atoms with Gasteiger partial charge in [-0.25, -0.2) is 9.18 Å². The van der Waals surface area contributed by atoms with Crippen LogP contribution in [0.2, 0.25) is 0 Å². The monoisotopic (exact) mass is 388 g/mol. The fraction of sp³-hybridized carbons (Fsp3) is 0.250. The Kier molecular flexibility index (Phi) is 7.08. The number of methoxy groups -OCH3 is 1. The van der Waals surface area contributed by atoms with Crippen LogP contribution in [0.5, 0.6) is 5.75 Å². The van der Waals surface area contributed by atoms with E-state index >= 15 is 0 Å². The Hall–Kier alpha value is -3.42. The zero-order chi connectivity index (χ0) is 20.7. The molecule has 3 amide bonds. The maximum atomic E-state index is 13.6. The zero-order valence-corrected chi connectivity index (χ0v) is 15.8. The van der Waals surface area contributed by atoms with Gasteiger partial charge in [0.1, 0.15) is 0 Å². The van der Waals surface area contributed by atoms with Crippen LogP contribution in [0.1, 0.15) is 16.7 Å². The van der Waals surface area contributed by atoms with E-state index in [0.29, 0.717) is 11.3 Å². The number of hydrogen-bond donors (Lipinski definition) is 2. The number of hydrogen-bond acceptors (Lipinski definition) is 5. The van der Waals surface area contributed by atoms with Gasteiger partial charge in [0.05, 0.1) is 13.5 Å². The fourth-order valence-corrected chi connectivity index (χ4v) is 2.45.